The monoisotopic (exact) mass is 1650 g/mol. The molecule has 8 heteroatoms. The molecule has 15 aromatic carbocycles. The first kappa shape index (κ1) is 95.9. The van der Waals surface area contributed by atoms with Gasteiger partial charge in [-0.3, -0.25) is 0 Å². The molecule has 0 aromatic heterocycles. The zero-order valence-electron chi connectivity index (χ0n) is 75.3. The van der Waals surface area contributed by atoms with E-state index in [1.165, 1.54) is 120 Å². The molecule has 0 radical (unpaired) electrons. The van der Waals surface area contributed by atoms with Gasteiger partial charge in [0.05, 0.1) is 0 Å². The fourth-order valence-electron chi connectivity index (χ4n) is 13.0. The number of rotatable bonds is 19. The summed E-state index contributed by atoms with van der Waals surface area (Å²) in [7, 11) is 0. The molecule has 0 amide bonds. The summed E-state index contributed by atoms with van der Waals surface area (Å²) in [6.45, 7) is 25.1. The highest BCUT2D eigenvalue weighted by molar-refractivity contribution is 5.78. The van der Waals surface area contributed by atoms with Gasteiger partial charge in [-0.2, -0.15) is 0 Å². The van der Waals surface area contributed by atoms with Crippen molar-refractivity contribution in [3.63, 3.8) is 0 Å². The summed E-state index contributed by atoms with van der Waals surface area (Å²) in [5.41, 5.74) is 70.5. The van der Waals surface area contributed by atoms with Crippen LogP contribution in [-0.4, -0.2) is 0 Å². The molecule has 0 heterocycles. The van der Waals surface area contributed by atoms with Gasteiger partial charge in [0.2, 0.25) is 0 Å². The van der Waals surface area contributed by atoms with Crippen LogP contribution in [0.3, 0.4) is 0 Å². The fraction of sp³-hybridized carbons (Fsp3) is 0.145. The zero-order valence-corrected chi connectivity index (χ0v) is 75.3. The second-order valence-corrected chi connectivity index (χ2v) is 31.0. The summed E-state index contributed by atoms with van der Waals surface area (Å²) < 4.78 is 0. The molecule has 0 aliphatic rings. The Balaban J connectivity index is 0.000000191. The molecule has 15 rings (SSSR count). The summed E-state index contributed by atoms with van der Waals surface area (Å²) in [4.78, 5) is 0. The molecule has 636 valence electrons. The Morgan fingerprint density at radius 2 is 0.632 bits per heavy atom. The third-order valence-corrected chi connectivity index (χ3v) is 20.9. The third kappa shape index (κ3) is 34.4. The second-order valence-electron chi connectivity index (χ2n) is 31.0. The van der Waals surface area contributed by atoms with E-state index < -0.39 is 0 Å². The third-order valence-electron chi connectivity index (χ3n) is 20.9. The van der Waals surface area contributed by atoms with Gasteiger partial charge in [-0.1, -0.05) is 390 Å². The Labute approximate surface area is 747 Å². The fourth-order valence-corrected chi connectivity index (χ4v) is 13.0. The first-order valence-electron chi connectivity index (χ1n) is 43.2. The largest absolute Gasteiger partial charge is 0.399 e. The van der Waals surface area contributed by atoms with E-state index in [0.29, 0.717) is 0 Å². The number of nitrogens with two attached hydrogens (primary N) is 6. The van der Waals surface area contributed by atoms with Crippen molar-refractivity contribution in [2.75, 3.05) is 45.0 Å². The van der Waals surface area contributed by atoms with Crippen LogP contribution >= 0.6 is 0 Å². The van der Waals surface area contributed by atoms with Crippen LogP contribution in [0.25, 0.3) is 59.7 Å². The lowest BCUT2D eigenvalue weighted by Gasteiger charge is -2.14. The minimum atomic E-state index is 0.828. The van der Waals surface area contributed by atoms with Gasteiger partial charge in [0.1, 0.15) is 0 Å². The lowest BCUT2D eigenvalue weighted by molar-refractivity contribution is 0.795. The summed E-state index contributed by atoms with van der Waals surface area (Å²) in [5.74, 6) is 0. The summed E-state index contributed by atoms with van der Waals surface area (Å²) in [6, 6.07) is 120. The molecule has 0 unspecified atom stereocenters. The summed E-state index contributed by atoms with van der Waals surface area (Å²) in [6.07, 6.45) is 27.0. The number of hydrogen-bond acceptors (Lipinski definition) is 8. The highest BCUT2D eigenvalue weighted by Gasteiger charge is 2.07. The molecule has 14 N–H and O–H groups in total. The minimum Gasteiger partial charge on any atom is -0.399 e. The molecule has 0 atom stereocenters. The maximum atomic E-state index is 5.85. The van der Waals surface area contributed by atoms with E-state index >= 15 is 0 Å². The van der Waals surface area contributed by atoms with Gasteiger partial charge in [0.15, 0.2) is 0 Å². The first-order valence-corrected chi connectivity index (χ1v) is 43.2. The molecule has 0 aliphatic carbocycles. The van der Waals surface area contributed by atoms with Crippen molar-refractivity contribution in [2.45, 2.75) is 115 Å². The normalized spacial score (nSPS) is 10.6. The van der Waals surface area contributed by atoms with Crippen molar-refractivity contribution in [3.05, 3.63) is 475 Å². The standard InChI is InChI=1S/C32H29N.C31H29N.C12H11N.C10H15N.C9H13N.2C8H11N.C7H9N/c1-25-12-23-32(26(2)24-25)33-31-21-19-30(20-22-31)18-17-29-15-13-28(14-16-29)11-7-6-10-27-8-4-3-5-9-27;1-3-29-11-7-8-24(2)31(29)32-30-22-20-28(21-23-30)19-18-27-16-14-26(15-17-27)13-12-25-9-5-4-6-10-25;13-12-9-5-4-8-11(12)10-6-2-1-3-7-10;1-2-3-4-9-5-7-10(11)8-6-9;1-3-8-6-4-5-7(2)9(8)10;1-6-3-4-8(9)7(2)5-6;1-6-4-3-5-7(2)8(6)9;1-6-4-2-3-5-7(6)8/h3-24,33H,1-2H3;4-23,32H,3H2,1-2H3;1-9H,13H2;5-8H,2-4,11H2,1H3;4-6H,3,10H2,1-2H3;2*3-5H,9H2,1-2H3;2-5H,8H2,1H3/b10-6+,11-7+,18-17+;13-12+,19-18+;;;;;;. The number of para-hydroxylation sites is 5. The Morgan fingerprint density at radius 1 is 0.264 bits per heavy atom. The van der Waals surface area contributed by atoms with Crippen LogP contribution in [0, 0.1) is 62.3 Å². The number of benzene rings is 15. The molecular formula is C117H128N8. The van der Waals surface area contributed by atoms with E-state index in [-0.39, 0.29) is 0 Å². The van der Waals surface area contributed by atoms with Gasteiger partial charge >= 0.3 is 0 Å². The highest BCUT2D eigenvalue weighted by atomic mass is 14.9. The lowest BCUT2D eigenvalue weighted by atomic mass is 10.0. The van der Waals surface area contributed by atoms with Crippen molar-refractivity contribution in [1.82, 2.24) is 0 Å². The maximum Gasteiger partial charge on any atom is 0.0446 e. The topological polar surface area (TPSA) is 180 Å². The minimum absolute atomic E-state index is 0.828. The molecular weight excluding hydrogens is 1520 g/mol. The zero-order chi connectivity index (χ0) is 89.5. The average Bonchev–Trinajstić information content (AvgIpc) is 0.844. The van der Waals surface area contributed by atoms with Crippen molar-refractivity contribution >= 4 is 105 Å². The van der Waals surface area contributed by atoms with Crippen LogP contribution in [0.1, 0.15) is 145 Å². The van der Waals surface area contributed by atoms with Crippen LogP contribution in [0.15, 0.2) is 364 Å². The van der Waals surface area contributed by atoms with Crippen LogP contribution in [0.4, 0.5) is 56.9 Å². The van der Waals surface area contributed by atoms with Gasteiger partial charge in [-0.25, -0.2) is 0 Å². The highest BCUT2D eigenvalue weighted by Crippen LogP contribution is 2.29. The van der Waals surface area contributed by atoms with Crippen LogP contribution in [0.5, 0.6) is 0 Å². The molecule has 8 nitrogen and oxygen atoms in total. The molecule has 125 heavy (non-hydrogen) atoms. The number of anilines is 10. The van der Waals surface area contributed by atoms with Gasteiger partial charge < -0.3 is 45.0 Å². The van der Waals surface area contributed by atoms with Crippen LogP contribution < -0.4 is 45.0 Å². The predicted octanol–water partition coefficient (Wildman–Crippen LogP) is 30.6. The number of nitrogen functional groups attached to an aromatic ring is 6. The van der Waals surface area contributed by atoms with E-state index in [9.17, 15) is 0 Å². The number of hydrogen-bond donors (Lipinski definition) is 8. The van der Waals surface area contributed by atoms with E-state index in [1.807, 2.05) is 180 Å². The van der Waals surface area contributed by atoms with Crippen LogP contribution in [-0.2, 0) is 19.3 Å². The number of unbranched alkanes of at least 4 members (excludes halogenated alkanes) is 1. The quantitative estimate of drug-likeness (QED) is 0.0224. The Hall–Kier alpha value is -14.6. The van der Waals surface area contributed by atoms with Crippen molar-refractivity contribution < 1.29 is 0 Å². The molecule has 0 saturated carbocycles. The Bertz CT molecular complexity index is 5810. The molecule has 0 bridgehead atoms. The average molecular weight is 1650 g/mol. The maximum absolute atomic E-state index is 5.85. The molecule has 0 spiro atoms. The van der Waals surface area contributed by atoms with Crippen molar-refractivity contribution in [3.8, 4) is 11.1 Å². The smallest absolute Gasteiger partial charge is 0.0446 e. The van der Waals surface area contributed by atoms with Gasteiger partial charge in [-0.05, 0) is 254 Å². The van der Waals surface area contributed by atoms with Gasteiger partial charge in [-0.15, -0.1) is 0 Å². The summed E-state index contributed by atoms with van der Waals surface area (Å²) >= 11 is 0. The van der Waals surface area contributed by atoms with Crippen molar-refractivity contribution in [1.29, 1.82) is 0 Å². The predicted molar refractivity (Wildman–Crippen MR) is 554 cm³/mol. The SMILES string of the molecule is CCCCc1ccc(N)cc1.CCc1cccc(C)c1N.CCc1cccc(C)c1Nc1ccc(/C=C/c2ccc(/C=C/c3ccccc3)cc2)cc1.Cc1ccc(N)c(C)c1.Cc1ccc(Nc2ccc(/C=C/c3ccc(/C=C/C=C/c4ccccc4)cc3)cc2)c(C)c1.Cc1cccc(C)c1N.Cc1ccccc1N.Nc1ccccc1-c1ccccc1. The van der Waals surface area contributed by atoms with Crippen LogP contribution in [0.2, 0.25) is 0 Å². The summed E-state index contributed by atoms with van der Waals surface area (Å²) in [5, 5.41) is 7.09. The van der Waals surface area contributed by atoms with Gasteiger partial charge in [0.25, 0.3) is 0 Å². The Morgan fingerprint density at radius 3 is 1.06 bits per heavy atom. The number of nitrogens with one attached hydrogen (secondary N) is 2. The first-order chi connectivity index (χ1) is 60.5. The van der Waals surface area contributed by atoms with Crippen molar-refractivity contribution in [2.24, 2.45) is 0 Å². The van der Waals surface area contributed by atoms with E-state index in [0.717, 1.165) is 91.8 Å². The van der Waals surface area contributed by atoms with E-state index in [4.69, 9.17) is 34.4 Å². The molecule has 0 aliphatic heterocycles. The number of allylic oxidation sites excluding steroid dienone is 2. The second kappa shape index (κ2) is 52.6. The van der Waals surface area contributed by atoms with E-state index in [2.05, 4.69) is 326 Å². The molecule has 15 aromatic rings. The lowest BCUT2D eigenvalue weighted by Crippen LogP contribution is -1.97. The molecule has 0 saturated heterocycles. The van der Waals surface area contributed by atoms with E-state index in [1.54, 1.807) is 0 Å². The Kier molecular flexibility index (Phi) is 40.3. The van der Waals surface area contributed by atoms with Gasteiger partial charge in [0, 0.05) is 62.4 Å². The molecule has 0 fully saturated rings. The number of aryl methyl sites for hydroxylation is 12.